The number of nitrogens with one attached hydrogen (secondary N) is 2. The molecule has 2 aromatic heterocycles. The summed E-state index contributed by atoms with van der Waals surface area (Å²) in [7, 11) is -2.49. The number of aliphatic hydroxyl groups excluding tert-OH is 1. The van der Waals surface area contributed by atoms with Gasteiger partial charge in [-0.25, -0.2) is 9.78 Å². The smallest absolute Gasteiger partial charge is 0.338 e. The van der Waals surface area contributed by atoms with Crippen LogP contribution in [0.15, 0.2) is 41.5 Å². The van der Waals surface area contributed by atoms with Gasteiger partial charge in [0.15, 0.2) is 31.8 Å². The van der Waals surface area contributed by atoms with Gasteiger partial charge in [0.05, 0.1) is 18.5 Å². The summed E-state index contributed by atoms with van der Waals surface area (Å²) in [6.45, 7) is 13.3. The highest BCUT2D eigenvalue weighted by Crippen LogP contribution is 2.43. The van der Waals surface area contributed by atoms with Crippen LogP contribution in [0.25, 0.3) is 11.2 Å². The summed E-state index contributed by atoms with van der Waals surface area (Å²) in [4.78, 5) is 49.4. The van der Waals surface area contributed by atoms with E-state index in [0.29, 0.717) is 5.56 Å². The van der Waals surface area contributed by atoms with E-state index in [-0.39, 0.29) is 34.0 Å². The Morgan fingerprint density at radius 2 is 1.88 bits per heavy atom. The Bertz CT molecular complexity index is 1430. The lowest BCUT2D eigenvalue weighted by atomic mass is 10.1. The fraction of sp³-hybridized carbons (Fsp3) is 0.519. The fourth-order valence-corrected chi connectivity index (χ4v) is 5.35. The Morgan fingerprint density at radius 1 is 1.20 bits per heavy atom. The number of carbonyl (C=O) groups excluding carboxylic acids is 2. The largest absolute Gasteiger partial charge is 0.453 e. The highest BCUT2D eigenvalue weighted by atomic mass is 28.4. The lowest BCUT2D eigenvalue weighted by Crippen LogP contribution is -2.50. The van der Waals surface area contributed by atoms with Crippen LogP contribution in [-0.4, -0.2) is 69.7 Å². The highest BCUT2D eigenvalue weighted by molar-refractivity contribution is 6.74. The van der Waals surface area contributed by atoms with Gasteiger partial charge in [-0.05, 0) is 30.3 Å². The number of aromatic amines is 1. The molecule has 1 fully saturated rings. The van der Waals surface area contributed by atoms with Gasteiger partial charge in [-0.2, -0.15) is 4.98 Å². The van der Waals surface area contributed by atoms with Crippen molar-refractivity contribution in [3.63, 3.8) is 0 Å². The Hall–Kier alpha value is -3.39. The first-order valence-electron chi connectivity index (χ1n) is 13.2. The molecule has 0 spiro atoms. The van der Waals surface area contributed by atoms with Gasteiger partial charge in [-0.3, -0.25) is 24.5 Å². The Kier molecular flexibility index (Phi) is 8.31. The van der Waals surface area contributed by atoms with Gasteiger partial charge in [0.25, 0.3) is 5.56 Å². The van der Waals surface area contributed by atoms with Gasteiger partial charge < -0.3 is 19.0 Å². The number of benzene rings is 1. The lowest BCUT2D eigenvalue weighted by Gasteiger charge is -2.40. The number of aromatic nitrogens is 4. The molecule has 0 aliphatic carbocycles. The zero-order chi connectivity index (χ0) is 29.4. The number of ether oxygens (including phenoxy) is 2. The molecule has 40 heavy (non-hydrogen) atoms. The normalized spacial score (nSPS) is 21.6. The van der Waals surface area contributed by atoms with Crippen LogP contribution in [0.4, 0.5) is 5.95 Å². The molecule has 0 bridgehead atoms. The molecule has 3 heterocycles. The van der Waals surface area contributed by atoms with E-state index >= 15 is 0 Å². The Labute approximate surface area is 233 Å². The molecular formula is C27H37N5O7Si. The fourth-order valence-electron chi connectivity index (χ4n) is 4.06. The average Bonchev–Trinajstić information content (AvgIpc) is 3.45. The van der Waals surface area contributed by atoms with E-state index in [4.69, 9.17) is 13.9 Å². The van der Waals surface area contributed by atoms with Gasteiger partial charge in [-0.15, -0.1) is 0 Å². The van der Waals surface area contributed by atoms with Crippen molar-refractivity contribution in [1.82, 2.24) is 19.5 Å². The summed E-state index contributed by atoms with van der Waals surface area (Å²) >= 11 is 0. The van der Waals surface area contributed by atoms with Crippen molar-refractivity contribution in [1.29, 1.82) is 0 Å². The van der Waals surface area contributed by atoms with Crippen molar-refractivity contribution >= 4 is 37.3 Å². The molecular weight excluding hydrogens is 534 g/mol. The van der Waals surface area contributed by atoms with Gasteiger partial charge in [0.1, 0.15) is 12.2 Å². The highest BCUT2D eigenvalue weighted by Gasteiger charge is 2.53. The minimum Gasteiger partial charge on any atom is -0.453 e. The molecule has 4 atom stereocenters. The monoisotopic (exact) mass is 571 g/mol. The summed E-state index contributed by atoms with van der Waals surface area (Å²) in [5.74, 6) is -1.28. The van der Waals surface area contributed by atoms with Crippen molar-refractivity contribution in [3.8, 4) is 0 Å². The molecule has 1 aliphatic rings. The summed E-state index contributed by atoms with van der Waals surface area (Å²) in [6.07, 6.45) is -2.32. The molecule has 216 valence electrons. The number of hydrogen-bond acceptors (Lipinski definition) is 9. The van der Waals surface area contributed by atoms with E-state index in [9.17, 15) is 19.5 Å². The topological polar surface area (TPSA) is 158 Å². The lowest BCUT2D eigenvalue weighted by molar-refractivity contribution is -0.118. The predicted octanol–water partition coefficient (Wildman–Crippen LogP) is 3.22. The van der Waals surface area contributed by atoms with E-state index in [2.05, 4.69) is 54.1 Å². The molecule has 1 aromatic carbocycles. The Morgan fingerprint density at radius 3 is 2.48 bits per heavy atom. The van der Waals surface area contributed by atoms with Crippen LogP contribution in [0.2, 0.25) is 18.1 Å². The maximum atomic E-state index is 13.1. The number of aliphatic hydroxyl groups is 1. The summed E-state index contributed by atoms with van der Waals surface area (Å²) in [5.41, 5.74) is -0.0279. The zero-order valence-corrected chi connectivity index (χ0v) is 24.8. The number of imidazole rings is 1. The quantitative estimate of drug-likeness (QED) is 0.273. The molecule has 3 N–H and O–H groups in total. The van der Waals surface area contributed by atoms with Gasteiger partial charge in [0, 0.05) is 5.92 Å². The number of carbonyl (C=O) groups is 2. The summed E-state index contributed by atoms with van der Waals surface area (Å²) in [6, 6.07) is 8.53. The molecule has 3 aromatic rings. The molecule has 0 unspecified atom stereocenters. The van der Waals surface area contributed by atoms with Crippen LogP contribution in [0, 0.1) is 5.92 Å². The van der Waals surface area contributed by atoms with Crippen molar-refractivity contribution in [3.05, 3.63) is 52.6 Å². The van der Waals surface area contributed by atoms with E-state index in [0.717, 1.165) is 0 Å². The molecule has 12 nitrogen and oxygen atoms in total. The second-order valence-corrected chi connectivity index (χ2v) is 16.5. The van der Waals surface area contributed by atoms with E-state index in [1.54, 1.807) is 44.2 Å². The minimum absolute atomic E-state index is 0.0301. The molecule has 0 radical (unpaired) electrons. The van der Waals surface area contributed by atoms with Gasteiger partial charge in [-0.1, -0.05) is 52.8 Å². The van der Waals surface area contributed by atoms with Crippen LogP contribution < -0.4 is 10.9 Å². The first-order chi connectivity index (χ1) is 18.7. The van der Waals surface area contributed by atoms with E-state index in [1.165, 1.54) is 10.9 Å². The van der Waals surface area contributed by atoms with E-state index in [1.807, 2.05) is 0 Å². The molecule has 4 rings (SSSR count). The molecule has 13 heteroatoms. The van der Waals surface area contributed by atoms with Crippen molar-refractivity contribution in [2.75, 3.05) is 11.9 Å². The average molecular weight is 572 g/mol. The van der Waals surface area contributed by atoms with Crippen molar-refractivity contribution < 1.29 is 28.6 Å². The van der Waals surface area contributed by atoms with E-state index < -0.39 is 51.0 Å². The predicted molar refractivity (Wildman–Crippen MR) is 150 cm³/mol. The second-order valence-electron chi connectivity index (χ2n) is 11.7. The maximum absolute atomic E-state index is 13.1. The third-order valence-corrected chi connectivity index (χ3v) is 11.9. The Balaban J connectivity index is 1.79. The number of hydrogen-bond donors (Lipinski definition) is 3. The third kappa shape index (κ3) is 5.87. The number of H-pyrrole nitrogens is 1. The third-order valence-electron chi connectivity index (χ3n) is 7.43. The van der Waals surface area contributed by atoms with Gasteiger partial charge in [0.2, 0.25) is 11.9 Å². The SMILES string of the molecule is CC(C)C(=O)Nc1nc2c(ncn2[C@@H]2O[C@H](CO)[C@H](OC(=O)c3ccccc3)[C@H]2O[Si](C)(C)C(C)(C)C)c(=O)[nH]1. The maximum Gasteiger partial charge on any atom is 0.338 e. The standard InChI is InChI=1S/C27H37N5O7Si/c1-15(2)22(34)30-26-29-21-18(23(35)31-26)28-14-32(21)24-20(39-40(6,7)27(3,4)5)19(17(13-33)37-24)38-25(36)16-11-9-8-10-12-16/h8-12,14-15,17,19-20,24,33H,13H2,1-7H3,(H2,29,30,31,34,35)/t17-,19+,20-,24-/m1/s1. The number of nitrogens with zero attached hydrogens (tertiary/aromatic N) is 3. The van der Waals surface area contributed by atoms with Crippen LogP contribution in [0.1, 0.15) is 51.2 Å². The number of esters is 1. The minimum atomic E-state index is -2.49. The zero-order valence-electron chi connectivity index (χ0n) is 23.8. The first kappa shape index (κ1) is 29.6. The van der Waals surface area contributed by atoms with Crippen LogP contribution >= 0.6 is 0 Å². The number of rotatable bonds is 8. The molecule has 0 saturated carbocycles. The first-order valence-corrected chi connectivity index (χ1v) is 16.1. The molecule has 1 saturated heterocycles. The molecule has 1 aliphatic heterocycles. The van der Waals surface area contributed by atoms with Crippen LogP contribution in [-0.2, 0) is 18.7 Å². The number of amides is 1. The summed E-state index contributed by atoms with van der Waals surface area (Å²) in [5, 5.41) is 12.7. The summed E-state index contributed by atoms with van der Waals surface area (Å²) < 4.78 is 20.5. The molecule has 1 amide bonds. The second kappa shape index (κ2) is 11.2. The number of fused-ring (bicyclic) bond motifs is 1. The van der Waals surface area contributed by atoms with Gasteiger partial charge >= 0.3 is 5.97 Å². The van der Waals surface area contributed by atoms with Crippen LogP contribution in [0.5, 0.6) is 0 Å². The van der Waals surface area contributed by atoms with Crippen molar-refractivity contribution in [2.24, 2.45) is 5.92 Å². The van der Waals surface area contributed by atoms with Crippen LogP contribution in [0.3, 0.4) is 0 Å². The van der Waals surface area contributed by atoms with Crippen molar-refractivity contribution in [2.45, 2.75) is 77.3 Å². The number of anilines is 1.